The molecule has 1 heterocycles. The molecule has 0 aromatic heterocycles. The van der Waals surface area contributed by atoms with E-state index in [1.807, 2.05) is 0 Å². The number of hydrogen-bond donors (Lipinski definition) is 1. The van der Waals surface area contributed by atoms with Crippen molar-refractivity contribution in [2.45, 2.75) is 19.8 Å². The standard InChI is InChI=1S/C9H16N2/c1-4-5-8(2)9-6-11(3)7-10-9/h6,10H,2,4-5,7H2,1,3H3. The molecule has 0 bridgehead atoms. The molecule has 0 saturated heterocycles. The summed E-state index contributed by atoms with van der Waals surface area (Å²) in [6.45, 7) is 7.09. The predicted octanol–water partition coefficient (Wildman–Crippen LogP) is 1.68. The molecular formula is C9H16N2. The minimum Gasteiger partial charge on any atom is -0.366 e. The van der Waals surface area contributed by atoms with Gasteiger partial charge in [0.25, 0.3) is 0 Å². The molecule has 0 radical (unpaired) electrons. The normalized spacial score (nSPS) is 16.2. The highest BCUT2D eigenvalue weighted by Gasteiger charge is 2.08. The zero-order valence-electron chi connectivity index (χ0n) is 7.35. The highest BCUT2D eigenvalue weighted by atomic mass is 15.2. The summed E-state index contributed by atoms with van der Waals surface area (Å²) in [6, 6.07) is 0. The molecule has 62 valence electrons. The van der Waals surface area contributed by atoms with Gasteiger partial charge in [0.05, 0.1) is 12.4 Å². The molecule has 1 rings (SSSR count). The van der Waals surface area contributed by atoms with Gasteiger partial charge >= 0.3 is 0 Å². The second kappa shape index (κ2) is 3.46. The van der Waals surface area contributed by atoms with Crippen molar-refractivity contribution in [1.29, 1.82) is 0 Å². The molecule has 0 unspecified atom stereocenters. The van der Waals surface area contributed by atoms with Crippen LogP contribution in [0, 0.1) is 0 Å². The fourth-order valence-electron chi connectivity index (χ4n) is 1.17. The van der Waals surface area contributed by atoms with Crippen molar-refractivity contribution in [3.05, 3.63) is 24.0 Å². The molecule has 0 aromatic rings. The summed E-state index contributed by atoms with van der Waals surface area (Å²) >= 11 is 0. The van der Waals surface area contributed by atoms with E-state index >= 15 is 0 Å². The smallest absolute Gasteiger partial charge is 0.0869 e. The van der Waals surface area contributed by atoms with E-state index in [-0.39, 0.29) is 0 Å². The summed E-state index contributed by atoms with van der Waals surface area (Å²) < 4.78 is 0. The lowest BCUT2D eigenvalue weighted by Gasteiger charge is -2.04. The minimum atomic E-state index is 0.915. The van der Waals surface area contributed by atoms with Crippen LogP contribution in [0.5, 0.6) is 0 Å². The van der Waals surface area contributed by atoms with Crippen molar-refractivity contribution >= 4 is 0 Å². The molecule has 0 aromatic carbocycles. The fraction of sp³-hybridized carbons (Fsp3) is 0.556. The van der Waals surface area contributed by atoms with Gasteiger partial charge in [-0.15, -0.1) is 0 Å². The highest BCUT2D eigenvalue weighted by molar-refractivity contribution is 5.28. The predicted molar refractivity (Wildman–Crippen MR) is 47.9 cm³/mol. The van der Waals surface area contributed by atoms with Gasteiger partial charge in [0.15, 0.2) is 0 Å². The third-order valence-electron chi connectivity index (χ3n) is 1.80. The number of hydrogen-bond acceptors (Lipinski definition) is 2. The zero-order valence-corrected chi connectivity index (χ0v) is 7.35. The molecule has 1 aliphatic heterocycles. The van der Waals surface area contributed by atoms with Crippen LogP contribution in [0.4, 0.5) is 0 Å². The summed E-state index contributed by atoms with van der Waals surface area (Å²) in [5.74, 6) is 0. The Balaban J connectivity index is 2.48. The first-order chi connectivity index (χ1) is 5.24. The van der Waals surface area contributed by atoms with Gasteiger partial charge in [-0.2, -0.15) is 0 Å². The van der Waals surface area contributed by atoms with Crippen LogP contribution in [0.1, 0.15) is 19.8 Å². The van der Waals surface area contributed by atoms with Crippen molar-refractivity contribution in [3.63, 3.8) is 0 Å². The highest BCUT2D eigenvalue weighted by Crippen LogP contribution is 2.14. The first-order valence-corrected chi connectivity index (χ1v) is 4.08. The first-order valence-electron chi connectivity index (χ1n) is 4.08. The molecule has 0 saturated carbocycles. The summed E-state index contributed by atoms with van der Waals surface area (Å²) in [5, 5.41) is 3.28. The van der Waals surface area contributed by atoms with Crippen LogP contribution in [-0.4, -0.2) is 18.6 Å². The van der Waals surface area contributed by atoms with Gasteiger partial charge in [0.1, 0.15) is 0 Å². The Morgan fingerprint density at radius 1 is 1.82 bits per heavy atom. The Bertz CT molecular complexity index is 182. The van der Waals surface area contributed by atoms with Gasteiger partial charge in [0.2, 0.25) is 0 Å². The summed E-state index contributed by atoms with van der Waals surface area (Å²) in [6.07, 6.45) is 4.37. The Kier molecular flexibility index (Phi) is 2.58. The van der Waals surface area contributed by atoms with Crippen molar-refractivity contribution in [1.82, 2.24) is 10.2 Å². The maximum Gasteiger partial charge on any atom is 0.0869 e. The number of nitrogens with one attached hydrogen (secondary N) is 1. The third kappa shape index (κ3) is 2.00. The summed E-state index contributed by atoms with van der Waals surface area (Å²) in [4.78, 5) is 2.12. The number of rotatable bonds is 3. The molecule has 2 heteroatoms. The molecule has 1 aliphatic rings. The van der Waals surface area contributed by atoms with E-state index in [1.165, 1.54) is 17.7 Å². The average Bonchev–Trinajstić information content (AvgIpc) is 2.36. The third-order valence-corrected chi connectivity index (χ3v) is 1.80. The van der Waals surface area contributed by atoms with Crippen molar-refractivity contribution in [2.24, 2.45) is 0 Å². The second-order valence-corrected chi connectivity index (χ2v) is 2.99. The van der Waals surface area contributed by atoms with Crippen LogP contribution in [0.3, 0.4) is 0 Å². The van der Waals surface area contributed by atoms with E-state index in [4.69, 9.17) is 0 Å². The maximum absolute atomic E-state index is 4.00. The Labute approximate surface area is 68.6 Å². The molecular weight excluding hydrogens is 136 g/mol. The molecule has 1 N–H and O–H groups in total. The average molecular weight is 152 g/mol. The van der Waals surface area contributed by atoms with E-state index in [1.54, 1.807) is 0 Å². The SMILES string of the molecule is C=C(CCC)C1=CN(C)CN1. The molecule has 0 spiro atoms. The zero-order chi connectivity index (χ0) is 8.27. The van der Waals surface area contributed by atoms with Gasteiger partial charge in [0, 0.05) is 13.2 Å². The van der Waals surface area contributed by atoms with E-state index in [0.29, 0.717) is 0 Å². The van der Waals surface area contributed by atoms with Crippen molar-refractivity contribution < 1.29 is 0 Å². The molecule has 0 fully saturated rings. The van der Waals surface area contributed by atoms with Crippen LogP contribution in [0.25, 0.3) is 0 Å². The fourth-order valence-corrected chi connectivity index (χ4v) is 1.17. The monoisotopic (exact) mass is 152 g/mol. The van der Waals surface area contributed by atoms with Gasteiger partial charge in [-0.3, -0.25) is 0 Å². The Morgan fingerprint density at radius 2 is 2.55 bits per heavy atom. The topological polar surface area (TPSA) is 15.3 Å². The number of nitrogens with zero attached hydrogens (tertiary/aromatic N) is 1. The van der Waals surface area contributed by atoms with Crippen LogP contribution >= 0.6 is 0 Å². The largest absolute Gasteiger partial charge is 0.366 e. The Morgan fingerprint density at radius 3 is 3.00 bits per heavy atom. The van der Waals surface area contributed by atoms with E-state index in [2.05, 4.69) is 37.0 Å². The van der Waals surface area contributed by atoms with Gasteiger partial charge < -0.3 is 10.2 Å². The Hall–Kier alpha value is -0.920. The second-order valence-electron chi connectivity index (χ2n) is 2.99. The van der Waals surface area contributed by atoms with E-state index in [0.717, 1.165) is 13.1 Å². The van der Waals surface area contributed by atoms with E-state index in [9.17, 15) is 0 Å². The number of allylic oxidation sites excluding steroid dienone is 1. The lowest BCUT2D eigenvalue weighted by atomic mass is 10.1. The molecule has 0 amide bonds. The van der Waals surface area contributed by atoms with Crippen LogP contribution < -0.4 is 5.32 Å². The maximum atomic E-state index is 4.00. The molecule has 11 heavy (non-hydrogen) atoms. The van der Waals surface area contributed by atoms with E-state index < -0.39 is 0 Å². The van der Waals surface area contributed by atoms with Gasteiger partial charge in [-0.1, -0.05) is 19.9 Å². The van der Waals surface area contributed by atoms with Crippen molar-refractivity contribution in [3.8, 4) is 0 Å². The lowest BCUT2D eigenvalue weighted by Crippen LogP contribution is -2.17. The molecule has 0 aliphatic carbocycles. The van der Waals surface area contributed by atoms with Crippen molar-refractivity contribution in [2.75, 3.05) is 13.7 Å². The van der Waals surface area contributed by atoms with Gasteiger partial charge in [-0.05, 0) is 12.0 Å². The molecule has 0 atom stereocenters. The van der Waals surface area contributed by atoms with Crippen LogP contribution in [-0.2, 0) is 0 Å². The lowest BCUT2D eigenvalue weighted by molar-refractivity contribution is 0.473. The van der Waals surface area contributed by atoms with Crippen LogP contribution in [0.15, 0.2) is 24.0 Å². The molecule has 2 nitrogen and oxygen atoms in total. The van der Waals surface area contributed by atoms with Gasteiger partial charge in [-0.25, -0.2) is 0 Å². The van der Waals surface area contributed by atoms with Crippen LogP contribution in [0.2, 0.25) is 0 Å². The summed E-state index contributed by atoms with van der Waals surface area (Å²) in [5.41, 5.74) is 2.42. The quantitative estimate of drug-likeness (QED) is 0.662. The first kappa shape index (κ1) is 8.18. The summed E-state index contributed by atoms with van der Waals surface area (Å²) in [7, 11) is 2.05. The minimum absolute atomic E-state index is 0.915.